The Morgan fingerprint density at radius 1 is 1.07 bits per heavy atom. The Morgan fingerprint density at radius 3 is 2.20 bits per heavy atom. The highest BCUT2D eigenvalue weighted by Crippen LogP contribution is 2.15. The normalized spacial score (nSPS) is 12.9. The van der Waals surface area contributed by atoms with Gasteiger partial charge in [-0.2, -0.15) is 0 Å². The highest BCUT2D eigenvalue weighted by Gasteiger charge is 2.05. The third kappa shape index (κ3) is 4.87. The first-order chi connectivity index (χ1) is 7.08. The SMILES string of the molecule is Cc1ccc(OCC(C)CC(C)C)cc1. The van der Waals surface area contributed by atoms with E-state index in [4.69, 9.17) is 4.74 Å². The summed E-state index contributed by atoms with van der Waals surface area (Å²) in [4.78, 5) is 0. The van der Waals surface area contributed by atoms with Crippen LogP contribution >= 0.6 is 0 Å². The van der Waals surface area contributed by atoms with Crippen molar-refractivity contribution in [1.82, 2.24) is 0 Å². The summed E-state index contributed by atoms with van der Waals surface area (Å²) in [7, 11) is 0. The monoisotopic (exact) mass is 206 g/mol. The lowest BCUT2D eigenvalue weighted by atomic mass is 10.00. The van der Waals surface area contributed by atoms with Gasteiger partial charge >= 0.3 is 0 Å². The van der Waals surface area contributed by atoms with E-state index in [9.17, 15) is 0 Å². The Morgan fingerprint density at radius 2 is 1.67 bits per heavy atom. The molecule has 0 aliphatic carbocycles. The maximum atomic E-state index is 5.72. The minimum Gasteiger partial charge on any atom is -0.493 e. The third-order valence-electron chi connectivity index (χ3n) is 2.43. The molecule has 0 saturated carbocycles. The minimum atomic E-state index is 0.631. The van der Waals surface area contributed by atoms with Crippen LogP contribution in [0.3, 0.4) is 0 Å². The van der Waals surface area contributed by atoms with Crippen molar-refractivity contribution in [2.75, 3.05) is 6.61 Å². The predicted octanol–water partition coefficient (Wildman–Crippen LogP) is 4.06. The number of hydrogen-bond donors (Lipinski definition) is 0. The smallest absolute Gasteiger partial charge is 0.119 e. The highest BCUT2D eigenvalue weighted by molar-refractivity contribution is 5.26. The molecule has 0 radical (unpaired) electrons. The molecule has 1 nitrogen and oxygen atoms in total. The van der Waals surface area contributed by atoms with Gasteiger partial charge in [-0.15, -0.1) is 0 Å². The molecule has 1 aromatic carbocycles. The van der Waals surface area contributed by atoms with E-state index in [-0.39, 0.29) is 0 Å². The van der Waals surface area contributed by atoms with E-state index in [0.717, 1.165) is 18.3 Å². The quantitative estimate of drug-likeness (QED) is 0.706. The van der Waals surface area contributed by atoms with Crippen molar-refractivity contribution in [2.45, 2.75) is 34.1 Å². The third-order valence-corrected chi connectivity index (χ3v) is 2.43. The number of ether oxygens (including phenoxy) is 1. The van der Waals surface area contributed by atoms with Gasteiger partial charge in [-0.1, -0.05) is 38.5 Å². The summed E-state index contributed by atoms with van der Waals surface area (Å²) >= 11 is 0. The van der Waals surface area contributed by atoms with E-state index in [1.165, 1.54) is 12.0 Å². The van der Waals surface area contributed by atoms with Crippen molar-refractivity contribution in [3.8, 4) is 5.75 Å². The molecule has 15 heavy (non-hydrogen) atoms. The maximum absolute atomic E-state index is 5.72. The van der Waals surface area contributed by atoms with Gasteiger partial charge in [0.2, 0.25) is 0 Å². The van der Waals surface area contributed by atoms with Crippen LogP contribution in [0, 0.1) is 18.8 Å². The average molecular weight is 206 g/mol. The summed E-state index contributed by atoms with van der Waals surface area (Å²) in [6, 6.07) is 8.25. The second-order valence-corrected chi connectivity index (χ2v) is 4.86. The Bertz CT molecular complexity index is 274. The molecular formula is C14H22O. The summed E-state index contributed by atoms with van der Waals surface area (Å²) in [5, 5.41) is 0. The van der Waals surface area contributed by atoms with Crippen LogP contribution in [-0.2, 0) is 0 Å². The van der Waals surface area contributed by atoms with E-state index in [0.29, 0.717) is 5.92 Å². The van der Waals surface area contributed by atoms with Crippen molar-refractivity contribution in [3.05, 3.63) is 29.8 Å². The van der Waals surface area contributed by atoms with Gasteiger partial charge in [-0.3, -0.25) is 0 Å². The average Bonchev–Trinajstić information content (AvgIpc) is 2.16. The Labute approximate surface area is 93.5 Å². The van der Waals surface area contributed by atoms with Crippen LogP contribution in [0.4, 0.5) is 0 Å². The van der Waals surface area contributed by atoms with E-state index in [1.807, 2.05) is 12.1 Å². The van der Waals surface area contributed by atoms with Crippen molar-refractivity contribution in [1.29, 1.82) is 0 Å². The fourth-order valence-electron chi connectivity index (χ4n) is 1.75. The van der Waals surface area contributed by atoms with Crippen LogP contribution in [0.25, 0.3) is 0 Å². The van der Waals surface area contributed by atoms with Gasteiger partial charge in [-0.05, 0) is 37.3 Å². The first-order valence-electron chi connectivity index (χ1n) is 5.77. The molecule has 1 aromatic rings. The fourth-order valence-corrected chi connectivity index (χ4v) is 1.75. The molecule has 1 atom stereocenters. The van der Waals surface area contributed by atoms with Gasteiger partial charge in [-0.25, -0.2) is 0 Å². The molecular weight excluding hydrogens is 184 g/mol. The van der Waals surface area contributed by atoms with E-state index >= 15 is 0 Å². The van der Waals surface area contributed by atoms with Gasteiger partial charge in [0.25, 0.3) is 0 Å². The Hall–Kier alpha value is -0.980. The van der Waals surface area contributed by atoms with Crippen LogP contribution in [0.2, 0.25) is 0 Å². The highest BCUT2D eigenvalue weighted by atomic mass is 16.5. The van der Waals surface area contributed by atoms with E-state index in [2.05, 4.69) is 39.8 Å². The molecule has 0 fully saturated rings. The maximum Gasteiger partial charge on any atom is 0.119 e. The van der Waals surface area contributed by atoms with Crippen LogP contribution in [-0.4, -0.2) is 6.61 Å². The lowest BCUT2D eigenvalue weighted by Crippen LogP contribution is -2.10. The van der Waals surface area contributed by atoms with E-state index < -0.39 is 0 Å². The first kappa shape index (κ1) is 12.1. The molecule has 1 unspecified atom stereocenters. The van der Waals surface area contributed by atoms with Gasteiger partial charge in [0.15, 0.2) is 0 Å². The zero-order chi connectivity index (χ0) is 11.3. The molecule has 0 N–H and O–H groups in total. The standard InChI is InChI=1S/C14H22O/c1-11(2)9-13(4)10-15-14-7-5-12(3)6-8-14/h5-8,11,13H,9-10H2,1-4H3. The van der Waals surface area contributed by atoms with Gasteiger partial charge in [0, 0.05) is 0 Å². The molecule has 0 aromatic heterocycles. The number of hydrogen-bond acceptors (Lipinski definition) is 1. The van der Waals surface area contributed by atoms with Crippen LogP contribution < -0.4 is 4.74 Å². The van der Waals surface area contributed by atoms with Crippen molar-refractivity contribution < 1.29 is 4.74 Å². The van der Waals surface area contributed by atoms with Crippen LogP contribution in [0.5, 0.6) is 5.75 Å². The molecule has 0 aliphatic heterocycles. The Balaban J connectivity index is 2.33. The van der Waals surface area contributed by atoms with E-state index in [1.54, 1.807) is 0 Å². The van der Waals surface area contributed by atoms with Crippen molar-refractivity contribution in [2.24, 2.45) is 11.8 Å². The van der Waals surface area contributed by atoms with Crippen molar-refractivity contribution in [3.63, 3.8) is 0 Å². The summed E-state index contributed by atoms with van der Waals surface area (Å²) < 4.78 is 5.72. The van der Waals surface area contributed by atoms with Crippen molar-refractivity contribution >= 4 is 0 Å². The lowest BCUT2D eigenvalue weighted by molar-refractivity contribution is 0.239. The molecule has 84 valence electrons. The summed E-state index contributed by atoms with van der Waals surface area (Å²) in [6.07, 6.45) is 1.23. The molecule has 0 heterocycles. The summed E-state index contributed by atoms with van der Waals surface area (Å²) in [5.41, 5.74) is 1.28. The molecule has 1 rings (SSSR count). The molecule has 0 bridgehead atoms. The van der Waals surface area contributed by atoms with Gasteiger partial charge < -0.3 is 4.74 Å². The van der Waals surface area contributed by atoms with Crippen LogP contribution in [0.15, 0.2) is 24.3 Å². The second kappa shape index (κ2) is 5.79. The molecule has 0 spiro atoms. The zero-order valence-corrected chi connectivity index (χ0v) is 10.3. The Kier molecular flexibility index (Phi) is 4.67. The topological polar surface area (TPSA) is 9.23 Å². The molecule has 1 heteroatoms. The zero-order valence-electron chi connectivity index (χ0n) is 10.3. The second-order valence-electron chi connectivity index (χ2n) is 4.86. The number of benzene rings is 1. The number of rotatable bonds is 5. The first-order valence-corrected chi connectivity index (χ1v) is 5.77. The van der Waals surface area contributed by atoms with Gasteiger partial charge in [0.05, 0.1) is 6.61 Å². The minimum absolute atomic E-state index is 0.631. The number of aryl methyl sites for hydroxylation is 1. The molecule has 0 amide bonds. The largest absolute Gasteiger partial charge is 0.493 e. The lowest BCUT2D eigenvalue weighted by Gasteiger charge is -2.15. The summed E-state index contributed by atoms with van der Waals surface area (Å²) in [5.74, 6) is 2.36. The fraction of sp³-hybridized carbons (Fsp3) is 0.571. The van der Waals surface area contributed by atoms with Gasteiger partial charge in [0.1, 0.15) is 5.75 Å². The molecule has 0 aliphatic rings. The summed E-state index contributed by atoms with van der Waals surface area (Å²) in [6.45, 7) is 9.66. The molecule has 0 saturated heterocycles. The van der Waals surface area contributed by atoms with Crippen LogP contribution in [0.1, 0.15) is 32.8 Å². The predicted molar refractivity (Wildman–Crippen MR) is 65.3 cm³/mol.